The number of carbonyl (C=O) groups excluding carboxylic acids is 2. The number of piperazine rings is 1. The van der Waals surface area contributed by atoms with Gasteiger partial charge in [-0.3, -0.25) is 19.2 Å². The van der Waals surface area contributed by atoms with Crippen LogP contribution in [0, 0.1) is 0 Å². The number of carbonyl (C=O) groups is 2. The number of amides is 2. The van der Waals surface area contributed by atoms with E-state index in [1.54, 1.807) is 12.3 Å². The van der Waals surface area contributed by atoms with E-state index in [0.717, 1.165) is 43.9 Å². The molecule has 37 heavy (non-hydrogen) atoms. The van der Waals surface area contributed by atoms with Gasteiger partial charge in [-0.2, -0.15) is 0 Å². The van der Waals surface area contributed by atoms with Crippen molar-refractivity contribution < 1.29 is 23.1 Å². The summed E-state index contributed by atoms with van der Waals surface area (Å²) in [5.41, 5.74) is -0.783. The standard InChI is InChI=1S/C26H41N5O5S/c1-3-4-14-31-23(32)21(17-25(34)10-6-5-7-11-25)28-24(33)26(31)12-15-30(16-13-26)19-20-8-9-22(27-18-20)29-37(2,35)36/h8-9,18,21,34H,3-7,10-17,19H2,1-2H3,(H,27,29)(H,28,33)/t21-/m1/s1. The molecule has 0 bridgehead atoms. The molecular weight excluding hydrogens is 494 g/mol. The maximum atomic E-state index is 13.7. The molecule has 0 unspecified atom stereocenters. The number of nitrogens with one attached hydrogen (secondary N) is 2. The first-order valence-corrected chi connectivity index (χ1v) is 15.4. The fraction of sp³-hybridized carbons (Fsp3) is 0.731. The number of pyridine rings is 1. The lowest BCUT2D eigenvalue weighted by Gasteiger charge is -2.52. The van der Waals surface area contributed by atoms with E-state index in [9.17, 15) is 23.1 Å². The summed E-state index contributed by atoms with van der Waals surface area (Å²) in [5.74, 6) is 0.129. The predicted molar refractivity (Wildman–Crippen MR) is 141 cm³/mol. The molecule has 1 aromatic heterocycles. The van der Waals surface area contributed by atoms with Crippen molar-refractivity contribution in [3.8, 4) is 0 Å². The van der Waals surface area contributed by atoms with E-state index in [4.69, 9.17) is 0 Å². The second kappa shape index (κ2) is 11.2. The number of aromatic nitrogens is 1. The third kappa shape index (κ3) is 6.61. The first-order valence-electron chi connectivity index (χ1n) is 13.5. The van der Waals surface area contributed by atoms with E-state index in [2.05, 4.69) is 26.8 Å². The van der Waals surface area contributed by atoms with Gasteiger partial charge in [-0.25, -0.2) is 13.4 Å². The molecule has 4 rings (SSSR count). The van der Waals surface area contributed by atoms with Crippen LogP contribution in [0.4, 0.5) is 5.82 Å². The number of unbranched alkanes of at least 4 members (excludes halogenated alkanes) is 1. The minimum atomic E-state index is -3.38. The second-order valence-electron chi connectivity index (χ2n) is 11.1. The molecule has 3 fully saturated rings. The van der Waals surface area contributed by atoms with Gasteiger partial charge >= 0.3 is 0 Å². The Morgan fingerprint density at radius 2 is 1.84 bits per heavy atom. The summed E-state index contributed by atoms with van der Waals surface area (Å²) in [6.07, 6.45) is 10.3. The van der Waals surface area contributed by atoms with Gasteiger partial charge in [0, 0.05) is 38.8 Å². The summed E-state index contributed by atoms with van der Waals surface area (Å²) in [7, 11) is -3.38. The lowest BCUT2D eigenvalue weighted by molar-refractivity contribution is -0.163. The van der Waals surface area contributed by atoms with Crippen molar-refractivity contribution in [1.29, 1.82) is 0 Å². The van der Waals surface area contributed by atoms with E-state index in [-0.39, 0.29) is 17.6 Å². The van der Waals surface area contributed by atoms with Crippen molar-refractivity contribution in [2.45, 2.75) is 94.9 Å². The second-order valence-corrected chi connectivity index (χ2v) is 12.8. The van der Waals surface area contributed by atoms with Gasteiger partial charge in [-0.1, -0.05) is 38.7 Å². The Morgan fingerprint density at radius 1 is 1.14 bits per heavy atom. The summed E-state index contributed by atoms with van der Waals surface area (Å²) >= 11 is 0. The molecule has 11 heteroatoms. The molecule has 1 spiro atoms. The van der Waals surface area contributed by atoms with Crippen LogP contribution in [-0.4, -0.2) is 83.2 Å². The molecule has 1 saturated carbocycles. The summed E-state index contributed by atoms with van der Waals surface area (Å²) in [6, 6.07) is 2.82. The summed E-state index contributed by atoms with van der Waals surface area (Å²) in [4.78, 5) is 35.5. The highest BCUT2D eigenvalue weighted by Gasteiger charge is 2.54. The number of hydrogen-bond acceptors (Lipinski definition) is 7. The molecule has 10 nitrogen and oxygen atoms in total. The van der Waals surface area contributed by atoms with Gasteiger partial charge in [0.05, 0.1) is 11.9 Å². The quantitative estimate of drug-likeness (QED) is 0.441. The van der Waals surface area contributed by atoms with Crippen LogP contribution in [0.1, 0.15) is 76.7 Å². The fourth-order valence-corrected chi connectivity index (χ4v) is 6.55. The topological polar surface area (TPSA) is 132 Å². The van der Waals surface area contributed by atoms with Crippen LogP contribution in [0.15, 0.2) is 18.3 Å². The average Bonchev–Trinajstić information content (AvgIpc) is 2.84. The van der Waals surface area contributed by atoms with E-state index in [0.29, 0.717) is 58.3 Å². The van der Waals surface area contributed by atoms with E-state index in [1.807, 2.05) is 11.0 Å². The van der Waals surface area contributed by atoms with Crippen LogP contribution in [-0.2, 0) is 26.2 Å². The van der Waals surface area contributed by atoms with Gasteiger partial charge in [0.1, 0.15) is 17.4 Å². The molecule has 3 heterocycles. The molecule has 3 N–H and O–H groups in total. The minimum absolute atomic E-state index is 0.0568. The van der Waals surface area contributed by atoms with Gasteiger partial charge < -0.3 is 15.3 Å². The third-order valence-corrected chi connectivity index (χ3v) is 8.70. The number of rotatable bonds is 9. The Morgan fingerprint density at radius 3 is 2.43 bits per heavy atom. The zero-order valence-electron chi connectivity index (χ0n) is 22.0. The largest absolute Gasteiger partial charge is 0.390 e. The number of aliphatic hydroxyl groups is 1. The maximum absolute atomic E-state index is 13.7. The Bertz CT molecular complexity index is 1060. The SMILES string of the molecule is CCCCN1C(=O)[C@@H](CC2(O)CCCCC2)NC(=O)C12CCN(Cc1ccc(NS(C)(=O)=O)nc1)CC2. The zero-order valence-corrected chi connectivity index (χ0v) is 22.9. The highest BCUT2D eigenvalue weighted by atomic mass is 32.2. The van der Waals surface area contributed by atoms with Crippen LogP contribution in [0.25, 0.3) is 0 Å². The molecule has 2 amide bonds. The maximum Gasteiger partial charge on any atom is 0.246 e. The van der Waals surface area contributed by atoms with Crippen LogP contribution < -0.4 is 10.0 Å². The van der Waals surface area contributed by atoms with Gasteiger partial charge in [0.25, 0.3) is 0 Å². The van der Waals surface area contributed by atoms with Crippen molar-refractivity contribution in [2.75, 3.05) is 30.6 Å². The third-order valence-electron chi connectivity index (χ3n) is 8.12. The summed E-state index contributed by atoms with van der Waals surface area (Å²) in [5, 5.41) is 14.1. The number of nitrogens with zero attached hydrogens (tertiary/aromatic N) is 3. The molecule has 2 aliphatic heterocycles. The first kappa shape index (κ1) is 27.8. The molecule has 1 aliphatic carbocycles. The average molecular weight is 536 g/mol. The summed E-state index contributed by atoms with van der Waals surface area (Å²) < 4.78 is 25.2. The van der Waals surface area contributed by atoms with E-state index >= 15 is 0 Å². The molecule has 3 aliphatic rings. The van der Waals surface area contributed by atoms with Crippen molar-refractivity contribution in [3.05, 3.63) is 23.9 Å². The molecule has 1 aromatic rings. The monoisotopic (exact) mass is 535 g/mol. The molecule has 0 aromatic carbocycles. The Balaban J connectivity index is 1.42. The number of likely N-dealkylation sites (tertiary alicyclic amines) is 1. The number of piperidine rings is 1. The first-order chi connectivity index (χ1) is 17.5. The van der Waals surface area contributed by atoms with Crippen LogP contribution in [0.3, 0.4) is 0 Å². The lowest BCUT2D eigenvalue weighted by atomic mass is 9.77. The lowest BCUT2D eigenvalue weighted by Crippen LogP contribution is -2.73. The van der Waals surface area contributed by atoms with Crippen molar-refractivity contribution >= 4 is 27.7 Å². The minimum Gasteiger partial charge on any atom is -0.390 e. The highest BCUT2D eigenvalue weighted by Crippen LogP contribution is 2.37. The number of hydrogen-bond donors (Lipinski definition) is 3. The fourth-order valence-electron chi connectivity index (χ4n) is 6.05. The number of anilines is 1. The van der Waals surface area contributed by atoms with Gasteiger partial charge in [-0.05, 0) is 43.7 Å². The normalized spacial score (nSPS) is 24.2. The smallest absolute Gasteiger partial charge is 0.246 e. The van der Waals surface area contributed by atoms with Crippen LogP contribution >= 0.6 is 0 Å². The molecule has 1 atom stereocenters. The number of sulfonamides is 1. The zero-order chi connectivity index (χ0) is 26.7. The molecule has 206 valence electrons. The Labute approximate surface area is 220 Å². The van der Waals surface area contributed by atoms with Crippen molar-refractivity contribution in [3.63, 3.8) is 0 Å². The van der Waals surface area contributed by atoms with Crippen LogP contribution in [0.5, 0.6) is 0 Å². The van der Waals surface area contributed by atoms with Crippen molar-refractivity contribution in [2.24, 2.45) is 0 Å². The van der Waals surface area contributed by atoms with E-state index < -0.39 is 27.2 Å². The molecule has 2 saturated heterocycles. The Hall–Kier alpha value is -2.24. The van der Waals surface area contributed by atoms with Gasteiger partial charge in [0.15, 0.2) is 0 Å². The molecule has 0 radical (unpaired) electrons. The predicted octanol–water partition coefficient (Wildman–Crippen LogP) is 2.00. The summed E-state index contributed by atoms with van der Waals surface area (Å²) in [6.45, 7) is 4.57. The van der Waals surface area contributed by atoms with Gasteiger partial charge in [0.2, 0.25) is 21.8 Å². The van der Waals surface area contributed by atoms with Crippen LogP contribution in [0.2, 0.25) is 0 Å². The van der Waals surface area contributed by atoms with Crippen molar-refractivity contribution in [1.82, 2.24) is 20.1 Å². The molecular formula is C26H41N5O5S. The highest BCUT2D eigenvalue weighted by molar-refractivity contribution is 7.92. The van der Waals surface area contributed by atoms with Gasteiger partial charge in [-0.15, -0.1) is 0 Å². The Kier molecular flexibility index (Phi) is 8.45. The van der Waals surface area contributed by atoms with E-state index in [1.165, 1.54) is 0 Å².